The molecule has 0 aromatic rings. The van der Waals surface area contributed by atoms with E-state index in [1.807, 2.05) is 0 Å². The van der Waals surface area contributed by atoms with Crippen LogP contribution in [0.4, 0.5) is 0 Å². The van der Waals surface area contributed by atoms with Gasteiger partial charge in [0.15, 0.2) is 0 Å². The fraction of sp³-hybridized carbons (Fsp3) is 1.00. The predicted molar refractivity (Wildman–Crippen MR) is 45.5 cm³/mol. The number of fused-ring (bicyclic) bond motifs is 1. The molecule has 0 aromatic heterocycles. The molecule has 0 N–H and O–H groups in total. The van der Waals surface area contributed by atoms with E-state index >= 15 is 0 Å². The van der Waals surface area contributed by atoms with E-state index in [0.29, 0.717) is 0 Å². The van der Waals surface area contributed by atoms with Crippen molar-refractivity contribution in [1.29, 1.82) is 0 Å². The van der Waals surface area contributed by atoms with Crippen molar-refractivity contribution in [3.63, 3.8) is 0 Å². The molecule has 2 unspecified atom stereocenters. The van der Waals surface area contributed by atoms with Gasteiger partial charge in [-0.05, 0) is 51.1 Å². The van der Waals surface area contributed by atoms with E-state index in [1.165, 1.54) is 45.2 Å². The van der Waals surface area contributed by atoms with Gasteiger partial charge < -0.3 is 0 Å². The molecule has 1 saturated heterocycles. The molecule has 1 heteroatoms. The Balaban J connectivity index is 1.77. The van der Waals surface area contributed by atoms with Crippen LogP contribution in [0.5, 0.6) is 0 Å². The SMILES string of the molecule is C1CCN(C23CCCC2C3)C1. The van der Waals surface area contributed by atoms with Crippen molar-refractivity contribution in [3.05, 3.63) is 0 Å². The lowest BCUT2D eigenvalue weighted by atomic mass is 10.2. The highest BCUT2D eigenvalue weighted by Gasteiger charge is 2.60. The lowest BCUT2D eigenvalue weighted by molar-refractivity contribution is 0.212. The van der Waals surface area contributed by atoms with Gasteiger partial charge in [0.25, 0.3) is 0 Å². The smallest absolute Gasteiger partial charge is 0.0241 e. The molecular weight excluding hydrogens is 134 g/mol. The van der Waals surface area contributed by atoms with Crippen LogP contribution in [0.15, 0.2) is 0 Å². The Morgan fingerprint density at radius 3 is 2.45 bits per heavy atom. The largest absolute Gasteiger partial charge is 0.297 e. The Morgan fingerprint density at radius 2 is 1.91 bits per heavy atom. The molecule has 0 radical (unpaired) electrons. The summed E-state index contributed by atoms with van der Waals surface area (Å²) in [5.74, 6) is 1.13. The molecule has 1 aliphatic heterocycles. The minimum absolute atomic E-state index is 0.774. The molecule has 0 spiro atoms. The van der Waals surface area contributed by atoms with Crippen LogP contribution < -0.4 is 0 Å². The topological polar surface area (TPSA) is 3.24 Å². The zero-order valence-electron chi connectivity index (χ0n) is 7.18. The third-order valence-corrected chi connectivity index (χ3v) is 4.10. The summed E-state index contributed by atoms with van der Waals surface area (Å²) in [6.07, 6.45) is 9.06. The monoisotopic (exact) mass is 151 g/mol. The summed E-state index contributed by atoms with van der Waals surface area (Å²) in [4.78, 5) is 2.80. The fourth-order valence-corrected chi connectivity index (χ4v) is 3.41. The molecule has 62 valence electrons. The first-order chi connectivity index (χ1) is 5.42. The van der Waals surface area contributed by atoms with Crippen molar-refractivity contribution in [1.82, 2.24) is 4.90 Å². The molecule has 3 rings (SSSR count). The Kier molecular flexibility index (Phi) is 1.18. The molecular formula is C10H17N. The van der Waals surface area contributed by atoms with Crippen molar-refractivity contribution in [3.8, 4) is 0 Å². The first-order valence-corrected chi connectivity index (χ1v) is 5.17. The Labute approximate surface area is 68.8 Å². The highest BCUT2D eigenvalue weighted by Crippen LogP contribution is 2.60. The molecule has 11 heavy (non-hydrogen) atoms. The summed E-state index contributed by atoms with van der Waals surface area (Å²) in [7, 11) is 0. The van der Waals surface area contributed by atoms with Crippen LogP contribution in [0.1, 0.15) is 38.5 Å². The van der Waals surface area contributed by atoms with Crippen molar-refractivity contribution in [2.75, 3.05) is 13.1 Å². The van der Waals surface area contributed by atoms with Crippen LogP contribution in [0.3, 0.4) is 0 Å². The van der Waals surface area contributed by atoms with Gasteiger partial charge in [0, 0.05) is 5.54 Å². The van der Waals surface area contributed by atoms with Crippen molar-refractivity contribution >= 4 is 0 Å². The summed E-state index contributed by atoms with van der Waals surface area (Å²) >= 11 is 0. The minimum atomic E-state index is 0.774. The predicted octanol–water partition coefficient (Wildman–Crippen LogP) is 2.02. The maximum atomic E-state index is 2.80. The fourth-order valence-electron chi connectivity index (χ4n) is 3.41. The molecule has 1 nitrogen and oxygen atoms in total. The van der Waals surface area contributed by atoms with Crippen molar-refractivity contribution in [2.24, 2.45) is 5.92 Å². The maximum Gasteiger partial charge on any atom is 0.0241 e. The van der Waals surface area contributed by atoms with Gasteiger partial charge in [0.05, 0.1) is 0 Å². The Hall–Kier alpha value is -0.0400. The number of hydrogen-bond donors (Lipinski definition) is 0. The van der Waals surface area contributed by atoms with Gasteiger partial charge in [0.2, 0.25) is 0 Å². The second-order valence-corrected chi connectivity index (χ2v) is 4.59. The minimum Gasteiger partial charge on any atom is -0.297 e. The molecule has 1 heterocycles. The number of rotatable bonds is 1. The number of hydrogen-bond acceptors (Lipinski definition) is 1. The molecule has 2 aliphatic carbocycles. The molecule has 2 saturated carbocycles. The van der Waals surface area contributed by atoms with E-state index in [0.717, 1.165) is 11.5 Å². The van der Waals surface area contributed by atoms with Crippen LogP contribution >= 0.6 is 0 Å². The standard InChI is InChI=1S/C10H17N/c1-2-7-11(6-1)10-5-3-4-9(10)8-10/h9H,1-8H2. The second-order valence-electron chi connectivity index (χ2n) is 4.59. The second kappa shape index (κ2) is 2.01. The first-order valence-electron chi connectivity index (χ1n) is 5.17. The molecule has 0 aromatic carbocycles. The molecule has 0 bridgehead atoms. The van der Waals surface area contributed by atoms with Gasteiger partial charge in [0.1, 0.15) is 0 Å². The highest BCUT2D eigenvalue weighted by atomic mass is 15.3. The number of nitrogens with zero attached hydrogens (tertiary/aromatic N) is 1. The molecule has 2 atom stereocenters. The van der Waals surface area contributed by atoms with Gasteiger partial charge in [-0.2, -0.15) is 0 Å². The van der Waals surface area contributed by atoms with Crippen LogP contribution in [-0.4, -0.2) is 23.5 Å². The maximum absolute atomic E-state index is 2.80. The zero-order chi connectivity index (χ0) is 7.31. The average molecular weight is 151 g/mol. The van der Waals surface area contributed by atoms with Crippen molar-refractivity contribution in [2.45, 2.75) is 44.1 Å². The van der Waals surface area contributed by atoms with Crippen LogP contribution in [0.2, 0.25) is 0 Å². The summed E-state index contributed by atoms with van der Waals surface area (Å²) in [6, 6.07) is 0. The molecule has 3 fully saturated rings. The van der Waals surface area contributed by atoms with Crippen LogP contribution in [-0.2, 0) is 0 Å². The summed E-state index contributed by atoms with van der Waals surface area (Å²) in [5.41, 5.74) is 0.774. The van der Waals surface area contributed by atoms with Gasteiger partial charge in [-0.25, -0.2) is 0 Å². The summed E-state index contributed by atoms with van der Waals surface area (Å²) in [5, 5.41) is 0. The third kappa shape index (κ3) is 0.752. The first kappa shape index (κ1) is 6.47. The highest BCUT2D eigenvalue weighted by molar-refractivity contribution is 5.15. The Bertz CT molecular complexity index is 172. The van der Waals surface area contributed by atoms with Crippen LogP contribution in [0.25, 0.3) is 0 Å². The Morgan fingerprint density at radius 1 is 1.09 bits per heavy atom. The summed E-state index contributed by atoms with van der Waals surface area (Å²) in [6.45, 7) is 2.83. The number of likely N-dealkylation sites (tertiary alicyclic amines) is 1. The quantitative estimate of drug-likeness (QED) is 0.554. The van der Waals surface area contributed by atoms with Gasteiger partial charge >= 0.3 is 0 Å². The van der Waals surface area contributed by atoms with E-state index < -0.39 is 0 Å². The van der Waals surface area contributed by atoms with E-state index in [9.17, 15) is 0 Å². The van der Waals surface area contributed by atoms with Crippen molar-refractivity contribution < 1.29 is 0 Å². The molecule has 3 aliphatic rings. The zero-order valence-corrected chi connectivity index (χ0v) is 7.18. The van der Waals surface area contributed by atoms with Gasteiger partial charge in [-0.3, -0.25) is 4.90 Å². The van der Waals surface area contributed by atoms with Crippen LogP contribution in [0, 0.1) is 5.92 Å². The normalized spacial score (nSPS) is 49.6. The van der Waals surface area contributed by atoms with E-state index in [2.05, 4.69) is 4.90 Å². The van der Waals surface area contributed by atoms with E-state index in [-0.39, 0.29) is 0 Å². The van der Waals surface area contributed by atoms with E-state index in [1.54, 1.807) is 6.42 Å². The van der Waals surface area contributed by atoms with E-state index in [4.69, 9.17) is 0 Å². The average Bonchev–Trinajstić information content (AvgIpc) is 2.56. The lowest BCUT2D eigenvalue weighted by Gasteiger charge is -2.25. The van der Waals surface area contributed by atoms with Gasteiger partial charge in [-0.1, -0.05) is 6.42 Å². The summed E-state index contributed by atoms with van der Waals surface area (Å²) < 4.78 is 0. The van der Waals surface area contributed by atoms with Gasteiger partial charge in [-0.15, -0.1) is 0 Å². The lowest BCUT2D eigenvalue weighted by Crippen LogP contribution is -2.34. The molecule has 0 amide bonds. The third-order valence-electron chi connectivity index (χ3n) is 4.10.